The Kier molecular flexibility index (Phi) is 4.04. The SMILES string of the molecule is C[C@H](CN1C(=O)CCC1=O)Nc1nccc(-n2nnc3ccccc32)n1. The van der Waals surface area contributed by atoms with E-state index in [1.807, 2.05) is 31.2 Å². The molecule has 4 rings (SSSR count). The predicted molar refractivity (Wildman–Crippen MR) is 93.5 cm³/mol. The molecule has 0 radical (unpaired) electrons. The summed E-state index contributed by atoms with van der Waals surface area (Å²) in [4.78, 5) is 33.4. The second kappa shape index (κ2) is 6.51. The maximum absolute atomic E-state index is 11.7. The number of nitrogens with one attached hydrogen (secondary N) is 1. The first-order valence-electron chi connectivity index (χ1n) is 8.35. The molecule has 1 atom stereocenters. The molecule has 3 heterocycles. The van der Waals surface area contributed by atoms with Crippen molar-refractivity contribution in [2.24, 2.45) is 0 Å². The first-order chi connectivity index (χ1) is 12.6. The number of amides is 2. The lowest BCUT2D eigenvalue weighted by molar-refractivity contribution is -0.138. The number of fused-ring (bicyclic) bond motifs is 1. The number of nitrogens with zero attached hydrogens (tertiary/aromatic N) is 6. The Labute approximate surface area is 149 Å². The highest BCUT2D eigenvalue weighted by Gasteiger charge is 2.29. The molecule has 0 bridgehead atoms. The summed E-state index contributed by atoms with van der Waals surface area (Å²) < 4.78 is 1.64. The van der Waals surface area contributed by atoms with Gasteiger partial charge in [-0.2, -0.15) is 9.67 Å². The number of hydrogen-bond acceptors (Lipinski definition) is 7. The van der Waals surface area contributed by atoms with Crippen molar-refractivity contribution < 1.29 is 9.59 Å². The van der Waals surface area contributed by atoms with Crippen molar-refractivity contribution >= 4 is 28.8 Å². The molecule has 9 heteroatoms. The van der Waals surface area contributed by atoms with Crippen LogP contribution in [0, 0.1) is 0 Å². The largest absolute Gasteiger partial charge is 0.350 e. The minimum absolute atomic E-state index is 0.132. The maximum Gasteiger partial charge on any atom is 0.229 e. The number of likely N-dealkylation sites (tertiary alicyclic amines) is 1. The van der Waals surface area contributed by atoms with Crippen LogP contribution >= 0.6 is 0 Å². The van der Waals surface area contributed by atoms with Crippen molar-refractivity contribution in [1.82, 2.24) is 29.9 Å². The third-order valence-electron chi connectivity index (χ3n) is 4.20. The normalized spacial score (nSPS) is 15.7. The maximum atomic E-state index is 11.7. The van der Waals surface area contributed by atoms with Crippen LogP contribution in [0.1, 0.15) is 19.8 Å². The van der Waals surface area contributed by atoms with Gasteiger partial charge in [-0.3, -0.25) is 14.5 Å². The predicted octanol–water partition coefficient (Wildman–Crippen LogP) is 1.16. The second-order valence-electron chi connectivity index (χ2n) is 6.17. The van der Waals surface area contributed by atoms with Gasteiger partial charge in [-0.15, -0.1) is 5.10 Å². The average Bonchev–Trinajstić information content (AvgIpc) is 3.20. The van der Waals surface area contributed by atoms with Crippen LogP contribution in [0.3, 0.4) is 0 Å². The molecule has 1 saturated heterocycles. The van der Waals surface area contributed by atoms with E-state index >= 15 is 0 Å². The summed E-state index contributed by atoms with van der Waals surface area (Å²) in [6.45, 7) is 2.16. The molecule has 26 heavy (non-hydrogen) atoms. The van der Waals surface area contributed by atoms with Gasteiger partial charge in [0, 0.05) is 37.7 Å². The number of imide groups is 1. The molecule has 0 saturated carbocycles. The van der Waals surface area contributed by atoms with Gasteiger partial charge in [-0.05, 0) is 19.1 Å². The van der Waals surface area contributed by atoms with Crippen LogP contribution in [0.25, 0.3) is 16.9 Å². The Bertz CT molecular complexity index is 968. The minimum atomic E-state index is -0.177. The van der Waals surface area contributed by atoms with Crippen LogP contribution in [0.15, 0.2) is 36.5 Å². The lowest BCUT2D eigenvalue weighted by Gasteiger charge is -2.20. The lowest BCUT2D eigenvalue weighted by Crippen LogP contribution is -2.38. The highest BCUT2D eigenvalue weighted by Crippen LogP contribution is 2.16. The molecule has 1 aliphatic heterocycles. The van der Waals surface area contributed by atoms with Gasteiger partial charge in [0.2, 0.25) is 17.8 Å². The van der Waals surface area contributed by atoms with E-state index in [9.17, 15) is 9.59 Å². The van der Waals surface area contributed by atoms with E-state index in [2.05, 4.69) is 25.6 Å². The molecule has 2 amide bonds. The van der Waals surface area contributed by atoms with E-state index < -0.39 is 0 Å². The summed E-state index contributed by atoms with van der Waals surface area (Å²) in [5.41, 5.74) is 1.62. The monoisotopic (exact) mass is 351 g/mol. The van der Waals surface area contributed by atoms with Gasteiger partial charge in [-0.25, -0.2) is 4.98 Å². The second-order valence-corrected chi connectivity index (χ2v) is 6.17. The van der Waals surface area contributed by atoms with Crippen LogP contribution in [-0.2, 0) is 9.59 Å². The van der Waals surface area contributed by atoms with Crippen LogP contribution in [0.4, 0.5) is 5.95 Å². The third-order valence-corrected chi connectivity index (χ3v) is 4.20. The number of aromatic nitrogens is 5. The van der Waals surface area contributed by atoms with Crippen molar-refractivity contribution in [3.63, 3.8) is 0 Å². The fourth-order valence-electron chi connectivity index (χ4n) is 2.94. The molecule has 3 aromatic rings. The number of benzene rings is 1. The molecule has 1 aliphatic rings. The topological polar surface area (TPSA) is 106 Å². The van der Waals surface area contributed by atoms with Gasteiger partial charge in [0.05, 0.1) is 5.52 Å². The number of anilines is 1. The number of rotatable bonds is 5. The Morgan fingerprint density at radius 3 is 2.73 bits per heavy atom. The summed E-state index contributed by atoms with van der Waals surface area (Å²) in [6, 6.07) is 9.17. The summed E-state index contributed by atoms with van der Waals surface area (Å²) >= 11 is 0. The molecule has 0 spiro atoms. The first-order valence-corrected chi connectivity index (χ1v) is 8.35. The quantitative estimate of drug-likeness (QED) is 0.688. The van der Waals surface area contributed by atoms with Crippen LogP contribution in [0.2, 0.25) is 0 Å². The number of carbonyl (C=O) groups excluding carboxylic acids is 2. The molecule has 1 fully saturated rings. The molecule has 1 aromatic carbocycles. The zero-order chi connectivity index (χ0) is 18.1. The van der Waals surface area contributed by atoms with Gasteiger partial charge in [0.15, 0.2) is 5.82 Å². The summed E-state index contributed by atoms with van der Waals surface area (Å²) in [5.74, 6) is 0.713. The van der Waals surface area contributed by atoms with E-state index in [0.717, 1.165) is 11.0 Å². The summed E-state index contributed by atoms with van der Waals surface area (Å²) in [6.07, 6.45) is 2.20. The smallest absolute Gasteiger partial charge is 0.229 e. The fraction of sp³-hybridized carbons (Fsp3) is 0.294. The molecule has 9 nitrogen and oxygen atoms in total. The lowest BCUT2D eigenvalue weighted by atomic mass is 10.3. The van der Waals surface area contributed by atoms with Crippen molar-refractivity contribution in [3.05, 3.63) is 36.5 Å². The van der Waals surface area contributed by atoms with Crippen molar-refractivity contribution in [2.45, 2.75) is 25.8 Å². The molecule has 0 unspecified atom stereocenters. The Morgan fingerprint density at radius 2 is 1.92 bits per heavy atom. The molecule has 1 N–H and O–H groups in total. The van der Waals surface area contributed by atoms with Gasteiger partial charge < -0.3 is 5.32 Å². The molecule has 0 aliphatic carbocycles. The first kappa shape index (κ1) is 16.1. The fourth-order valence-corrected chi connectivity index (χ4v) is 2.94. The summed E-state index contributed by atoms with van der Waals surface area (Å²) in [5, 5.41) is 11.4. The molecular formula is C17H17N7O2. The average molecular weight is 351 g/mol. The van der Waals surface area contributed by atoms with Crippen molar-refractivity contribution in [2.75, 3.05) is 11.9 Å². The Balaban J connectivity index is 1.52. The van der Waals surface area contributed by atoms with E-state index in [1.54, 1.807) is 16.9 Å². The van der Waals surface area contributed by atoms with Crippen LogP contribution in [0.5, 0.6) is 0 Å². The third kappa shape index (κ3) is 2.99. The molecule has 2 aromatic heterocycles. The molecule has 132 valence electrons. The van der Waals surface area contributed by atoms with Gasteiger partial charge in [0.25, 0.3) is 0 Å². The zero-order valence-electron chi connectivity index (χ0n) is 14.2. The number of hydrogen-bond donors (Lipinski definition) is 1. The van der Waals surface area contributed by atoms with Gasteiger partial charge in [-0.1, -0.05) is 17.3 Å². The highest BCUT2D eigenvalue weighted by molar-refractivity contribution is 6.01. The number of carbonyl (C=O) groups is 2. The van der Waals surface area contributed by atoms with Gasteiger partial charge >= 0.3 is 0 Å². The summed E-state index contributed by atoms with van der Waals surface area (Å²) in [7, 11) is 0. The zero-order valence-corrected chi connectivity index (χ0v) is 14.2. The van der Waals surface area contributed by atoms with E-state index in [0.29, 0.717) is 11.8 Å². The van der Waals surface area contributed by atoms with Crippen molar-refractivity contribution in [3.8, 4) is 5.82 Å². The van der Waals surface area contributed by atoms with Crippen molar-refractivity contribution in [1.29, 1.82) is 0 Å². The number of para-hydroxylation sites is 1. The van der Waals surface area contributed by atoms with Gasteiger partial charge in [0.1, 0.15) is 5.52 Å². The Morgan fingerprint density at radius 1 is 1.15 bits per heavy atom. The van der Waals surface area contributed by atoms with Crippen LogP contribution in [-0.4, -0.2) is 54.3 Å². The van der Waals surface area contributed by atoms with E-state index in [4.69, 9.17) is 0 Å². The standard InChI is InChI=1S/C17H17N7O2/c1-11(10-23-15(25)6-7-16(23)26)19-17-18-9-8-14(20-17)24-13-5-3-2-4-12(13)21-22-24/h2-5,8-9,11H,6-7,10H2,1H3,(H,18,19,20)/t11-/m1/s1. The van der Waals surface area contributed by atoms with Crippen LogP contribution < -0.4 is 5.32 Å². The minimum Gasteiger partial charge on any atom is -0.350 e. The molecular weight excluding hydrogens is 334 g/mol. The highest BCUT2D eigenvalue weighted by atomic mass is 16.2. The van der Waals surface area contributed by atoms with E-state index in [1.165, 1.54) is 4.90 Å². The van der Waals surface area contributed by atoms with E-state index in [-0.39, 0.29) is 37.2 Å². The Hall–Kier alpha value is -3.36.